The van der Waals surface area contributed by atoms with Crippen LogP contribution in [0.3, 0.4) is 0 Å². The van der Waals surface area contributed by atoms with E-state index in [1.807, 2.05) is 13.8 Å². The van der Waals surface area contributed by atoms with E-state index in [1.54, 1.807) is 0 Å². The molecule has 0 aliphatic carbocycles. The third-order valence-corrected chi connectivity index (χ3v) is 2.18. The van der Waals surface area contributed by atoms with Crippen molar-refractivity contribution in [1.82, 2.24) is 0 Å². The third-order valence-electron chi connectivity index (χ3n) is 1.51. The van der Waals surface area contributed by atoms with Crippen LogP contribution in [-0.4, -0.2) is 6.10 Å². The van der Waals surface area contributed by atoms with Crippen LogP contribution >= 0.6 is 22.6 Å². The van der Waals surface area contributed by atoms with Crippen molar-refractivity contribution in [1.29, 1.82) is 0 Å². The molecule has 2 heteroatoms. The molecule has 0 N–H and O–H groups in total. The van der Waals surface area contributed by atoms with Crippen molar-refractivity contribution < 1.29 is 4.74 Å². The van der Waals surface area contributed by atoms with Crippen LogP contribution in [0.5, 0.6) is 5.75 Å². The number of hydrogen-bond acceptors (Lipinski definition) is 1. The molecular formula is C10H13IO. The Bertz CT molecular complexity index is 269. The highest BCUT2D eigenvalue weighted by Gasteiger charge is 2.01. The first-order valence-electron chi connectivity index (χ1n) is 4.02. The van der Waals surface area contributed by atoms with Gasteiger partial charge in [-0.1, -0.05) is 6.07 Å². The quantitative estimate of drug-likeness (QED) is 0.752. The van der Waals surface area contributed by atoms with Gasteiger partial charge in [0.05, 0.1) is 6.10 Å². The second-order valence-electron chi connectivity index (χ2n) is 3.08. The van der Waals surface area contributed by atoms with Crippen LogP contribution < -0.4 is 4.74 Å². The molecule has 0 fully saturated rings. The van der Waals surface area contributed by atoms with Gasteiger partial charge in [0, 0.05) is 3.57 Å². The molecule has 1 nitrogen and oxygen atoms in total. The minimum absolute atomic E-state index is 0.252. The van der Waals surface area contributed by atoms with Crippen LogP contribution in [0.1, 0.15) is 19.4 Å². The van der Waals surface area contributed by atoms with Gasteiger partial charge in [-0.15, -0.1) is 0 Å². The largest absolute Gasteiger partial charge is 0.491 e. The topological polar surface area (TPSA) is 9.23 Å². The molecule has 0 atom stereocenters. The summed E-state index contributed by atoms with van der Waals surface area (Å²) >= 11 is 2.29. The van der Waals surface area contributed by atoms with Crippen molar-refractivity contribution >= 4 is 22.6 Å². The van der Waals surface area contributed by atoms with Gasteiger partial charge in [0.1, 0.15) is 5.75 Å². The highest BCUT2D eigenvalue weighted by molar-refractivity contribution is 14.1. The summed E-state index contributed by atoms with van der Waals surface area (Å²) < 4.78 is 6.84. The first kappa shape index (κ1) is 9.84. The molecule has 1 rings (SSSR count). The molecule has 0 bridgehead atoms. The maximum atomic E-state index is 5.62. The molecular weight excluding hydrogens is 263 g/mol. The summed E-state index contributed by atoms with van der Waals surface area (Å²) in [6.07, 6.45) is 0.252. The molecule has 1 aromatic carbocycles. The lowest BCUT2D eigenvalue weighted by Gasteiger charge is -2.12. The Balaban J connectivity index is 2.90. The molecule has 0 aliphatic rings. The highest BCUT2D eigenvalue weighted by Crippen LogP contribution is 2.21. The summed E-state index contributed by atoms with van der Waals surface area (Å²) in [5.74, 6) is 0.997. The van der Waals surface area contributed by atoms with Crippen molar-refractivity contribution in [3.05, 3.63) is 27.3 Å². The highest BCUT2D eigenvalue weighted by atomic mass is 127. The van der Waals surface area contributed by atoms with Crippen molar-refractivity contribution in [3.63, 3.8) is 0 Å². The fraction of sp³-hybridized carbons (Fsp3) is 0.400. The van der Waals surface area contributed by atoms with E-state index in [-0.39, 0.29) is 6.10 Å². The van der Waals surface area contributed by atoms with Gasteiger partial charge in [0.15, 0.2) is 0 Å². The number of hydrogen-bond donors (Lipinski definition) is 0. The van der Waals surface area contributed by atoms with Gasteiger partial charge < -0.3 is 4.74 Å². The normalized spacial score (nSPS) is 10.4. The monoisotopic (exact) mass is 276 g/mol. The Morgan fingerprint density at radius 1 is 1.33 bits per heavy atom. The Labute approximate surface area is 87.3 Å². The van der Waals surface area contributed by atoms with Crippen molar-refractivity contribution in [2.75, 3.05) is 0 Å². The van der Waals surface area contributed by atoms with Crippen LogP contribution in [-0.2, 0) is 0 Å². The number of halogens is 1. The molecule has 0 saturated carbocycles. The molecule has 0 heterocycles. The zero-order valence-electron chi connectivity index (χ0n) is 7.60. The van der Waals surface area contributed by atoms with Gasteiger partial charge in [-0.2, -0.15) is 0 Å². The van der Waals surface area contributed by atoms with E-state index in [1.165, 1.54) is 9.13 Å². The minimum atomic E-state index is 0.252. The summed E-state index contributed by atoms with van der Waals surface area (Å²) in [6.45, 7) is 6.15. The van der Waals surface area contributed by atoms with Gasteiger partial charge in [0.25, 0.3) is 0 Å². The number of aryl methyl sites for hydroxylation is 1. The predicted molar refractivity (Wildman–Crippen MR) is 59.7 cm³/mol. The Morgan fingerprint density at radius 2 is 2.00 bits per heavy atom. The molecule has 0 saturated heterocycles. The van der Waals surface area contributed by atoms with Gasteiger partial charge in [0.2, 0.25) is 0 Å². The van der Waals surface area contributed by atoms with E-state index in [9.17, 15) is 0 Å². The molecule has 66 valence electrons. The summed E-state index contributed by atoms with van der Waals surface area (Å²) in [4.78, 5) is 0. The molecule has 0 spiro atoms. The second-order valence-corrected chi connectivity index (χ2v) is 4.32. The number of rotatable bonds is 2. The fourth-order valence-corrected chi connectivity index (χ4v) is 1.42. The average molecular weight is 276 g/mol. The van der Waals surface area contributed by atoms with Crippen molar-refractivity contribution in [3.8, 4) is 5.75 Å². The van der Waals surface area contributed by atoms with Crippen LogP contribution in [0.15, 0.2) is 18.2 Å². The SMILES string of the molecule is Cc1ccc(I)cc1OC(C)C. The second kappa shape index (κ2) is 4.12. The summed E-state index contributed by atoms with van der Waals surface area (Å²) in [5, 5.41) is 0. The standard InChI is InChI=1S/C10H13IO/c1-7(2)12-10-6-9(11)5-4-8(10)3/h4-7H,1-3H3. The Kier molecular flexibility index (Phi) is 3.38. The zero-order valence-corrected chi connectivity index (χ0v) is 9.75. The van der Waals surface area contributed by atoms with Gasteiger partial charge in [-0.3, -0.25) is 0 Å². The van der Waals surface area contributed by atoms with Crippen molar-refractivity contribution in [2.45, 2.75) is 26.9 Å². The van der Waals surface area contributed by atoms with E-state index >= 15 is 0 Å². The van der Waals surface area contributed by atoms with Crippen LogP contribution in [0, 0.1) is 10.5 Å². The first-order valence-corrected chi connectivity index (χ1v) is 5.10. The predicted octanol–water partition coefficient (Wildman–Crippen LogP) is 3.39. The number of ether oxygens (including phenoxy) is 1. The maximum absolute atomic E-state index is 5.62. The van der Waals surface area contributed by atoms with Gasteiger partial charge in [-0.25, -0.2) is 0 Å². The summed E-state index contributed by atoms with van der Waals surface area (Å²) in [7, 11) is 0. The van der Waals surface area contributed by atoms with Gasteiger partial charge in [-0.05, 0) is 61.1 Å². The van der Waals surface area contributed by atoms with E-state index in [2.05, 4.69) is 47.7 Å². The lowest BCUT2D eigenvalue weighted by atomic mass is 10.2. The zero-order chi connectivity index (χ0) is 9.14. The average Bonchev–Trinajstić information content (AvgIpc) is 1.96. The molecule has 0 aromatic heterocycles. The lowest BCUT2D eigenvalue weighted by molar-refractivity contribution is 0.240. The van der Waals surface area contributed by atoms with Crippen LogP contribution in [0.25, 0.3) is 0 Å². The molecule has 1 aromatic rings. The molecule has 0 radical (unpaired) electrons. The van der Waals surface area contributed by atoms with Crippen LogP contribution in [0.2, 0.25) is 0 Å². The van der Waals surface area contributed by atoms with Gasteiger partial charge >= 0.3 is 0 Å². The van der Waals surface area contributed by atoms with E-state index in [0.29, 0.717) is 0 Å². The van der Waals surface area contributed by atoms with Crippen LogP contribution in [0.4, 0.5) is 0 Å². The van der Waals surface area contributed by atoms with E-state index in [0.717, 1.165) is 5.75 Å². The molecule has 0 unspecified atom stereocenters. The van der Waals surface area contributed by atoms with Crippen molar-refractivity contribution in [2.24, 2.45) is 0 Å². The smallest absolute Gasteiger partial charge is 0.123 e. The third kappa shape index (κ3) is 2.66. The summed E-state index contributed by atoms with van der Waals surface area (Å²) in [6, 6.07) is 6.23. The molecule has 0 aliphatic heterocycles. The molecule has 0 amide bonds. The summed E-state index contributed by atoms with van der Waals surface area (Å²) in [5.41, 5.74) is 1.20. The Morgan fingerprint density at radius 3 is 2.58 bits per heavy atom. The maximum Gasteiger partial charge on any atom is 0.123 e. The Hall–Kier alpha value is -0.250. The lowest BCUT2D eigenvalue weighted by Crippen LogP contribution is -2.06. The molecule has 12 heavy (non-hydrogen) atoms. The fourth-order valence-electron chi connectivity index (χ4n) is 0.955. The van der Waals surface area contributed by atoms with E-state index in [4.69, 9.17) is 4.74 Å². The number of benzene rings is 1. The van der Waals surface area contributed by atoms with E-state index < -0.39 is 0 Å². The minimum Gasteiger partial charge on any atom is -0.491 e. The first-order chi connectivity index (χ1) is 5.59.